The Bertz CT molecular complexity index is 934. The summed E-state index contributed by atoms with van der Waals surface area (Å²) in [7, 11) is 1.66. The van der Waals surface area contributed by atoms with E-state index in [0.29, 0.717) is 30.3 Å². The first-order valence-electron chi connectivity index (χ1n) is 8.42. The molecule has 1 amide bonds. The van der Waals surface area contributed by atoms with Crippen molar-refractivity contribution >= 4 is 34.0 Å². The molecule has 0 radical (unpaired) electrons. The summed E-state index contributed by atoms with van der Waals surface area (Å²) < 4.78 is 7.10. The van der Waals surface area contributed by atoms with Crippen LogP contribution in [0.2, 0.25) is 5.02 Å². The number of nitrogens with one attached hydrogen (secondary N) is 1. The highest BCUT2D eigenvalue weighted by Crippen LogP contribution is 2.30. The second-order valence-electron chi connectivity index (χ2n) is 6.06. The number of nitrogens with two attached hydrogens (primary N) is 1. The second-order valence-corrected chi connectivity index (χ2v) is 7.36. The van der Waals surface area contributed by atoms with Crippen molar-refractivity contribution in [2.24, 2.45) is 5.73 Å². The van der Waals surface area contributed by atoms with Crippen LogP contribution in [-0.2, 0) is 11.3 Å². The molecule has 142 valence electrons. The number of benzene rings is 1. The second kappa shape index (κ2) is 8.56. The Morgan fingerprint density at radius 1 is 1.37 bits per heavy atom. The molecule has 3 N–H and O–H groups in total. The van der Waals surface area contributed by atoms with Gasteiger partial charge in [0.05, 0.1) is 23.6 Å². The fourth-order valence-electron chi connectivity index (χ4n) is 2.82. The van der Waals surface area contributed by atoms with Gasteiger partial charge in [-0.15, -0.1) is 11.3 Å². The third-order valence-corrected chi connectivity index (χ3v) is 5.29. The predicted molar refractivity (Wildman–Crippen MR) is 110 cm³/mol. The van der Waals surface area contributed by atoms with Gasteiger partial charge in [-0.05, 0) is 30.7 Å². The first kappa shape index (κ1) is 19.4. The molecule has 0 atom stereocenters. The summed E-state index contributed by atoms with van der Waals surface area (Å²) in [6, 6.07) is 9.44. The van der Waals surface area contributed by atoms with Crippen molar-refractivity contribution in [2.45, 2.75) is 13.5 Å². The Morgan fingerprint density at radius 3 is 2.78 bits per heavy atom. The van der Waals surface area contributed by atoms with Crippen molar-refractivity contribution in [3.8, 4) is 11.4 Å². The molecule has 0 fully saturated rings. The number of amides is 1. The van der Waals surface area contributed by atoms with Gasteiger partial charge in [0.1, 0.15) is 0 Å². The summed E-state index contributed by atoms with van der Waals surface area (Å²) in [6.45, 7) is 3.77. The molecule has 6 nitrogen and oxygen atoms in total. The fourth-order valence-corrected chi connectivity index (χ4v) is 3.67. The molecule has 0 unspecified atom stereocenters. The summed E-state index contributed by atoms with van der Waals surface area (Å²) in [4.78, 5) is 16.5. The zero-order valence-electron chi connectivity index (χ0n) is 15.2. The number of aromatic nitrogens is 2. The number of rotatable bonds is 8. The van der Waals surface area contributed by atoms with E-state index in [-0.39, 0.29) is 0 Å². The van der Waals surface area contributed by atoms with E-state index in [1.165, 1.54) is 11.3 Å². The van der Waals surface area contributed by atoms with E-state index in [1.54, 1.807) is 7.11 Å². The van der Waals surface area contributed by atoms with Crippen LogP contribution in [0, 0.1) is 6.92 Å². The highest BCUT2D eigenvalue weighted by atomic mass is 35.5. The fraction of sp³-hybridized carbons (Fsp3) is 0.263. The van der Waals surface area contributed by atoms with E-state index in [4.69, 9.17) is 22.1 Å². The third kappa shape index (κ3) is 4.50. The van der Waals surface area contributed by atoms with Crippen LogP contribution < -0.4 is 11.1 Å². The number of anilines is 1. The number of hydrogen-bond donors (Lipinski definition) is 2. The third-order valence-electron chi connectivity index (χ3n) is 4.23. The molecular formula is C19H21ClN4O2S. The number of thiazole rings is 1. The van der Waals surface area contributed by atoms with E-state index in [9.17, 15) is 4.79 Å². The number of methoxy groups -OCH3 is 1. The first-order chi connectivity index (χ1) is 13.0. The van der Waals surface area contributed by atoms with Crippen LogP contribution in [0.1, 0.15) is 21.6 Å². The molecule has 0 aliphatic rings. The van der Waals surface area contributed by atoms with Gasteiger partial charge >= 0.3 is 0 Å². The van der Waals surface area contributed by atoms with E-state index in [0.717, 1.165) is 27.8 Å². The maximum absolute atomic E-state index is 11.8. The van der Waals surface area contributed by atoms with E-state index >= 15 is 0 Å². The van der Waals surface area contributed by atoms with Crippen molar-refractivity contribution in [2.75, 3.05) is 25.6 Å². The molecule has 8 heteroatoms. The number of nitrogens with zero attached hydrogens (tertiary/aromatic N) is 2. The average Bonchev–Trinajstić information content (AvgIpc) is 3.22. The lowest BCUT2D eigenvalue weighted by molar-refractivity contribution is 0.0999. The minimum absolute atomic E-state index is 0.447. The van der Waals surface area contributed by atoms with Gasteiger partial charge in [-0.2, -0.15) is 0 Å². The van der Waals surface area contributed by atoms with Crippen LogP contribution in [-0.4, -0.2) is 35.7 Å². The predicted octanol–water partition coefficient (Wildman–Crippen LogP) is 3.78. The molecular weight excluding hydrogens is 384 g/mol. The Balaban J connectivity index is 1.95. The standard InChI is InChI=1S/C19H21ClN4O2S/c1-12-15(18(21)25)9-17(16-11-27-19(23-16)22-7-8-26-2)24(12)10-13-3-5-14(20)6-4-13/h3-6,9,11H,7-8,10H2,1-2H3,(H2,21,25)(H,22,23). The van der Waals surface area contributed by atoms with Crippen molar-refractivity contribution in [1.29, 1.82) is 0 Å². The normalized spacial score (nSPS) is 10.9. The molecule has 2 aromatic heterocycles. The minimum Gasteiger partial charge on any atom is -0.383 e. The smallest absolute Gasteiger partial charge is 0.250 e. The molecule has 0 saturated heterocycles. The van der Waals surface area contributed by atoms with Crippen LogP contribution in [0.25, 0.3) is 11.4 Å². The summed E-state index contributed by atoms with van der Waals surface area (Å²) in [5.41, 5.74) is 9.60. The Labute approximate surface area is 166 Å². The van der Waals surface area contributed by atoms with Gasteiger partial charge in [0.25, 0.3) is 5.91 Å². The van der Waals surface area contributed by atoms with Gasteiger partial charge in [-0.3, -0.25) is 4.79 Å². The number of carbonyl (C=O) groups excluding carboxylic acids is 1. The molecule has 27 heavy (non-hydrogen) atoms. The zero-order valence-corrected chi connectivity index (χ0v) is 16.7. The molecule has 0 saturated carbocycles. The summed E-state index contributed by atoms with van der Waals surface area (Å²) in [6.07, 6.45) is 0. The molecule has 1 aromatic carbocycles. The van der Waals surface area contributed by atoms with E-state index in [1.807, 2.05) is 42.6 Å². The molecule has 0 spiro atoms. The molecule has 0 bridgehead atoms. The summed E-state index contributed by atoms with van der Waals surface area (Å²) >= 11 is 7.49. The van der Waals surface area contributed by atoms with Crippen molar-refractivity contribution in [1.82, 2.24) is 9.55 Å². The molecule has 0 aliphatic carbocycles. The number of ether oxygens (including phenoxy) is 1. The largest absolute Gasteiger partial charge is 0.383 e. The van der Waals surface area contributed by atoms with Crippen molar-refractivity contribution in [3.63, 3.8) is 0 Å². The van der Waals surface area contributed by atoms with Crippen LogP contribution in [0.5, 0.6) is 0 Å². The Morgan fingerprint density at radius 2 is 2.11 bits per heavy atom. The van der Waals surface area contributed by atoms with Crippen LogP contribution >= 0.6 is 22.9 Å². The number of primary amides is 1. The Kier molecular flexibility index (Phi) is 6.15. The molecule has 0 aliphatic heterocycles. The lowest BCUT2D eigenvalue weighted by Gasteiger charge is -2.11. The van der Waals surface area contributed by atoms with Crippen molar-refractivity contribution in [3.05, 3.63) is 57.6 Å². The van der Waals surface area contributed by atoms with Gasteiger partial charge < -0.3 is 20.4 Å². The zero-order chi connectivity index (χ0) is 19.4. The van der Waals surface area contributed by atoms with Gasteiger partial charge in [-0.25, -0.2) is 4.98 Å². The molecule has 3 rings (SSSR count). The summed E-state index contributed by atoms with van der Waals surface area (Å²) in [5, 5.41) is 6.68. The lowest BCUT2D eigenvalue weighted by Crippen LogP contribution is -2.12. The number of halogens is 1. The molecule has 3 aromatic rings. The van der Waals surface area contributed by atoms with Crippen LogP contribution in [0.4, 0.5) is 5.13 Å². The summed E-state index contributed by atoms with van der Waals surface area (Å²) in [5.74, 6) is -0.447. The average molecular weight is 405 g/mol. The van der Waals surface area contributed by atoms with Gasteiger partial charge in [0.2, 0.25) is 0 Å². The SMILES string of the molecule is COCCNc1nc(-c2cc(C(N)=O)c(C)n2Cc2ccc(Cl)cc2)cs1. The highest BCUT2D eigenvalue weighted by molar-refractivity contribution is 7.14. The van der Waals surface area contributed by atoms with Crippen LogP contribution in [0.15, 0.2) is 35.7 Å². The van der Waals surface area contributed by atoms with Crippen LogP contribution in [0.3, 0.4) is 0 Å². The minimum atomic E-state index is -0.447. The van der Waals surface area contributed by atoms with Gasteiger partial charge in [0.15, 0.2) is 5.13 Å². The van der Waals surface area contributed by atoms with E-state index in [2.05, 4.69) is 14.9 Å². The monoisotopic (exact) mass is 404 g/mol. The number of carbonyl (C=O) groups is 1. The lowest BCUT2D eigenvalue weighted by atomic mass is 10.2. The highest BCUT2D eigenvalue weighted by Gasteiger charge is 2.19. The quantitative estimate of drug-likeness (QED) is 0.560. The molecule has 2 heterocycles. The van der Waals surface area contributed by atoms with E-state index < -0.39 is 5.91 Å². The van der Waals surface area contributed by atoms with Gasteiger partial charge in [0, 0.05) is 36.3 Å². The Hall–Kier alpha value is -2.35. The topological polar surface area (TPSA) is 82.2 Å². The van der Waals surface area contributed by atoms with Crippen molar-refractivity contribution < 1.29 is 9.53 Å². The maximum atomic E-state index is 11.8. The van der Waals surface area contributed by atoms with Gasteiger partial charge in [-0.1, -0.05) is 23.7 Å². The number of hydrogen-bond acceptors (Lipinski definition) is 5. The first-order valence-corrected chi connectivity index (χ1v) is 9.68. The maximum Gasteiger partial charge on any atom is 0.250 e.